The summed E-state index contributed by atoms with van der Waals surface area (Å²) < 4.78 is 27.4. The van der Waals surface area contributed by atoms with Crippen LogP contribution in [0.2, 0.25) is 5.02 Å². The standard InChI is InChI=1S/C19H17ClF2N4/c20-13-2-1-3-15-17(13)18(24-23-15)26-9-8-25(11-19(26)6-7-19)16-5-4-12(21)10-14(16)22/h1-5,10H,6-9,11H2,(H,23,24). The van der Waals surface area contributed by atoms with Gasteiger partial charge in [0.15, 0.2) is 5.82 Å². The Hall–Kier alpha value is -2.34. The van der Waals surface area contributed by atoms with Crippen LogP contribution < -0.4 is 9.80 Å². The zero-order chi connectivity index (χ0) is 17.9. The van der Waals surface area contributed by atoms with Gasteiger partial charge in [0.25, 0.3) is 0 Å². The van der Waals surface area contributed by atoms with Gasteiger partial charge in [-0.25, -0.2) is 8.78 Å². The summed E-state index contributed by atoms with van der Waals surface area (Å²) in [6, 6.07) is 9.51. The summed E-state index contributed by atoms with van der Waals surface area (Å²) in [5.41, 5.74) is 1.30. The molecule has 1 aromatic heterocycles. The normalized spacial score (nSPS) is 18.7. The van der Waals surface area contributed by atoms with Crippen LogP contribution in [0, 0.1) is 11.6 Å². The molecule has 1 aliphatic carbocycles. The summed E-state index contributed by atoms with van der Waals surface area (Å²) >= 11 is 6.41. The topological polar surface area (TPSA) is 35.2 Å². The molecular formula is C19H17ClF2N4. The number of fused-ring (bicyclic) bond motifs is 1. The van der Waals surface area contributed by atoms with Crippen molar-refractivity contribution in [2.24, 2.45) is 0 Å². The van der Waals surface area contributed by atoms with Crippen molar-refractivity contribution in [1.82, 2.24) is 10.2 Å². The molecule has 4 nitrogen and oxygen atoms in total. The van der Waals surface area contributed by atoms with Gasteiger partial charge in [-0.3, -0.25) is 5.10 Å². The number of aromatic nitrogens is 2. The number of nitrogens with one attached hydrogen (secondary N) is 1. The lowest BCUT2D eigenvalue weighted by Crippen LogP contribution is -2.55. The quantitative estimate of drug-likeness (QED) is 0.724. The van der Waals surface area contributed by atoms with Crippen molar-refractivity contribution < 1.29 is 8.78 Å². The van der Waals surface area contributed by atoms with E-state index in [1.807, 2.05) is 23.1 Å². The molecule has 134 valence electrons. The molecule has 1 spiro atoms. The van der Waals surface area contributed by atoms with E-state index in [1.165, 1.54) is 12.1 Å². The molecule has 0 radical (unpaired) electrons. The summed E-state index contributed by atoms with van der Waals surface area (Å²) in [6.07, 6.45) is 2.04. The van der Waals surface area contributed by atoms with Gasteiger partial charge in [-0.15, -0.1) is 0 Å². The SMILES string of the molecule is Fc1ccc(N2CCN(c3n[nH]c4cccc(Cl)c34)C3(CC3)C2)c(F)c1. The smallest absolute Gasteiger partial charge is 0.160 e. The number of rotatable bonds is 2. The molecule has 2 aliphatic rings. The number of hydrogen-bond donors (Lipinski definition) is 1. The molecule has 2 heterocycles. The van der Waals surface area contributed by atoms with E-state index in [-0.39, 0.29) is 5.54 Å². The molecule has 1 N–H and O–H groups in total. The molecule has 26 heavy (non-hydrogen) atoms. The van der Waals surface area contributed by atoms with E-state index >= 15 is 0 Å². The molecule has 0 unspecified atom stereocenters. The molecule has 1 aliphatic heterocycles. The number of H-pyrrole nitrogens is 1. The third-order valence-corrected chi connectivity index (χ3v) is 5.82. The number of benzene rings is 2. The Morgan fingerprint density at radius 3 is 2.73 bits per heavy atom. The van der Waals surface area contributed by atoms with Gasteiger partial charge in [-0.05, 0) is 37.1 Å². The monoisotopic (exact) mass is 374 g/mol. The summed E-state index contributed by atoms with van der Waals surface area (Å²) in [5, 5.41) is 9.18. The minimum Gasteiger partial charge on any atom is -0.365 e. The molecule has 3 aromatic rings. The predicted octanol–water partition coefficient (Wildman–Crippen LogP) is 4.35. The van der Waals surface area contributed by atoms with E-state index < -0.39 is 11.6 Å². The van der Waals surface area contributed by atoms with Crippen molar-refractivity contribution in [3.63, 3.8) is 0 Å². The summed E-state index contributed by atoms with van der Waals surface area (Å²) in [5.74, 6) is -0.200. The van der Waals surface area contributed by atoms with Crippen molar-refractivity contribution in [3.8, 4) is 0 Å². The molecule has 2 fully saturated rings. The van der Waals surface area contributed by atoms with E-state index in [0.717, 1.165) is 35.6 Å². The Kier molecular flexibility index (Phi) is 3.41. The number of aromatic amines is 1. The maximum absolute atomic E-state index is 14.2. The summed E-state index contributed by atoms with van der Waals surface area (Å²) in [6.45, 7) is 2.04. The van der Waals surface area contributed by atoms with Crippen LogP contribution in [0.5, 0.6) is 0 Å². The third-order valence-electron chi connectivity index (χ3n) is 5.50. The molecular weight excluding hydrogens is 358 g/mol. The first-order valence-electron chi connectivity index (χ1n) is 8.68. The lowest BCUT2D eigenvalue weighted by Gasteiger charge is -2.43. The van der Waals surface area contributed by atoms with Crippen LogP contribution >= 0.6 is 11.6 Å². The van der Waals surface area contributed by atoms with Crippen LogP contribution in [0.3, 0.4) is 0 Å². The molecule has 1 saturated heterocycles. The van der Waals surface area contributed by atoms with Crippen molar-refractivity contribution in [2.45, 2.75) is 18.4 Å². The molecule has 7 heteroatoms. The minimum absolute atomic E-state index is 0.0691. The second-order valence-electron chi connectivity index (χ2n) is 7.10. The lowest BCUT2D eigenvalue weighted by atomic mass is 10.1. The Bertz CT molecular complexity index is 998. The maximum Gasteiger partial charge on any atom is 0.160 e. The largest absolute Gasteiger partial charge is 0.365 e. The number of anilines is 2. The Balaban J connectivity index is 1.49. The highest BCUT2D eigenvalue weighted by atomic mass is 35.5. The van der Waals surface area contributed by atoms with Gasteiger partial charge in [0.2, 0.25) is 0 Å². The fraction of sp³-hybridized carbons (Fsp3) is 0.316. The van der Waals surface area contributed by atoms with Crippen molar-refractivity contribution in [3.05, 3.63) is 53.1 Å². The van der Waals surface area contributed by atoms with E-state index in [0.29, 0.717) is 30.3 Å². The fourth-order valence-corrected chi connectivity index (χ4v) is 4.29. The molecule has 5 rings (SSSR count). The Morgan fingerprint density at radius 1 is 1.12 bits per heavy atom. The summed E-state index contributed by atoms with van der Waals surface area (Å²) in [7, 11) is 0. The fourth-order valence-electron chi connectivity index (χ4n) is 4.03. The van der Waals surface area contributed by atoms with Crippen LogP contribution in [0.1, 0.15) is 12.8 Å². The molecule has 0 bridgehead atoms. The van der Waals surface area contributed by atoms with Gasteiger partial charge >= 0.3 is 0 Å². The van der Waals surface area contributed by atoms with Crippen LogP contribution in [0.15, 0.2) is 36.4 Å². The first-order valence-corrected chi connectivity index (χ1v) is 9.05. The predicted molar refractivity (Wildman–Crippen MR) is 99.0 cm³/mol. The van der Waals surface area contributed by atoms with Crippen LogP contribution in [0.25, 0.3) is 10.9 Å². The van der Waals surface area contributed by atoms with E-state index in [2.05, 4.69) is 15.1 Å². The van der Waals surface area contributed by atoms with E-state index in [9.17, 15) is 8.78 Å². The average molecular weight is 375 g/mol. The van der Waals surface area contributed by atoms with E-state index in [4.69, 9.17) is 11.6 Å². The number of halogens is 3. The van der Waals surface area contributed by atoms with Crippen molar-refractivity contribution in [2.75, 3.05) is 29.4 Å². The van der Waals surface area contributed by atoms with Gasteiger partial charge in [0, 0.05) is 25.7 Å². The molecule has 1 saturated carbocycles. The van der Waals surface area contributed by atoms with Crippen molar-refractivity contribution >= 4 is 34.0 Å². The van der Waals surface area contributed by atoms with Gasteiger partial charge < -0.3 is 9.80 Å². The van der Waals surface area contributed by atoms with Gasteiger partial charge in [0.1, 0.15) is 11.6 Å². The van der Waals surface area contributed by atoms with Crippen LogP contribution in [0.4, 0.5) is 20.3 Å². The Morgan fingerprint density at radius 2 is 1.96 bits per heavy atom. The number of nitrogens with zero attached hydrogens (tertiary/aromatic N) is 3. The number of piperazine rings is 1. The van der Waals surface area contributed by atoms with Gasteiger partial charge in [0.05, 0.1) is 27.2 Å². The maximum atomic E-state index is 14.2. The molecule has 2 aromatic carbocycles. The van der Waals surface area contributed by atoms with Gasteiger partial charge in [-0.1, -0.05) is 17.7 Å². The number of hydrogen-bond acceptors (Lipinski definition) is 3. The van der Waals surface area contributed by atoms with Crippen LogP contribution in [-0.2, 0) is 0 Å². The van der Waals surface area contributed by atoms with E-state index in [1.54, 1.807) is 0 Å². The highest BCUT2D eigenvalue weighted by Gasteiger charge is 2.52. The first-order chi connectivity index (χ1) is 12.6. The zero-order valence-electron chi connectivity index (χ0n) is 14.0. The van der Waals surface area contributed by atoms with Crippen LogP contribution in [-0.4, -0.2) is 35.4 Å². The third kappa shape index (κ3) is 2.35. The second kappa shape index (κ2) is 5.58. The first kappa shape index (κ1) is 15.9. The van der Waals surface area contributed by atoms with Crippen molar-refractivity contribution in [1.29, 1.82) is 0 Å². The Labute approximate surface area is 154 Å². The molecule has 0 amide bonds. The summed E-state index contributed by atoms with van der Waals surface area (Å²) in [4.78, 5) is 4.31. The van der Waals surface area contributed by atoms with Gasteiger partial charge in [-0.2, -0.15) is 5.10 Å². The average Bonchev–Trinajstić information content (AvgIpc) is 3.23. The second-order valence-corrected chi connectivity index (χ2v) is 7.51. The lowest BCUT2D eigenvalue weighted by molar-refractivity contribution is 0.496. The highest BCUT2D eigenvalue weighted by molar-refractivity contribution is 6.36. The molecule has 0 atom stereocenters. The zero-order valence-corrected chi connectivity index (χ0v) is 14.7. The minimum atomic E-state index is -0.552. The highest BCUT2D eigenvalue weighted by Crippen LogP contribution is 2.48.